The third-order valence-electron chi connectivity index (χ3n) is 3.09. The Morgan fingerprint density at radius 1 is 1.38 bits per heavy atom. The zero-order chi connectivity index (χ0) is 11.5. The Bertz CT molecular complexity index is 368. The SMILES string of the molecule is N[C@H](CCc1ccc(C2CC2)cc1)C(=O)O. The first kappa shape index (κ1) is 11.1. The second-order valence-electron chi connectivity index (χ2n) is 4.50. The van der Waals surface area contributed by atoms with Crippen molar-refractivity contribution in [3.05, 3.63) is 35.4 Å². The zero-order valence-corrected chi connectivity index (χ0v) is 9.23. The van der Waals surface area contributed by atoms with E-state index in [9.17, 15) is 4.79 Å². The van der Waals surface area contributed by atoms with Gasteiger partial charge < -0.3 is 10.8 Å². The maximum atomic E-state index is 10.5. The third kappa shape index (κ3) is 2.83. The fourth-order valence-corrected chi connectivity index (χ4v) is 1.82. The van der Waals surface area contributed by atoms with Crippen molar-refractivity contribution >= 4 is 5.97 Å². The lowest BCUT2D eigenvalue weighted by Crippen LogP contribution is -2.30. The van der Waals surface area contributed by atoms with Crippen LogP contribution in [0.1, 0.15) is 36.3 Å². The number of aliphatic carboxylic acids is 1. The minimum absolute atomic E-state index is 0.498. The van der Waals surface area contributed by atoms with Gasteiger partial charge in [0.2, 0.25) is 0 Å². The predicted octanol–water partition coefficient (Wildman–Crippen LogP) is 1.91. The predicted molar refractivity (Wildman–Crippen MR) is 62.3 cm³/mol. The van der Waals surface area contributed by atoms with Crippen LogP contribution in [0.2, 0.25) is 0 Å². The number of carbonyl (C=O) groups is 1. The first-order valence-corrected chi connectivity index (χ1v) is 5.74. The minimum Gasteiger partial charge on any atom is -0.480 e. The molecule has 0 unspecified atom stereocenters. The van der Waals surface area contributed by atoms with Gasteiger partial charge in [-0.3, -0.25) is 4.79 Å². The van der Waals surface area contributed by atoms with Crippen LogP contribution in [-0.2, 0) is 11.2 Å². The molecular formula is C13H17NO2. The number of hydrogen-bond acceptors (Lipinski definition) is 2. The maximum absolute atomic E-state index is 10.5. The molecule has 3 heteroatoms. The molecule has 1 aliphatic carbocycles. The van der Waals surface area contributed by atoms with E-state index >= 15 is 0 Å². The summed E-state index contributed by atoms with van der Waals surface area (Å²) in [6, 6.07) is 7.73. The average molecular weight is 219 g/mol. The summed E-state index contributed by atoms with van der Waals surface area (Å²) in [5.74, 6) is -0.148. The highest BCUT2D eigenvalue weighted by atomic mass is 16.4. The van der Waals surface area contributed by atoms with Crippen LogP contribution in [0.5, 0.6) is 0 Å². The van der Waals surface area contributed by atoms with Crippen LogP contribution in [-0.4, -0.2) is 17.1 Å². The summed E-state index contributed by atoms with van der Waals surface area (Å²) in [6.07, 6.45) is 3.85. The van der Waals surface area contributed by atoms with Crippen LogP contribution in [0.3, 0.4) is 0 Å². The molecule has 1 aromatic carbocycles. The van der Waals surface area contributed by atoms with Gasteiger partial charge in [0.25, 0.3) is 0 Å². The molecule has 0 bridgehead atoms. The van der Waals surface area contributed by atoms with Crippen LogP contribution in [0.15, 0.2) is 24.3 Å². The van der Waals surface area contributed by atoms with E-state index in [1.54, 1.807) is 0 Å². The summed E-state index contributed by atoms with van der Waals surface area (Å²) in [4.78, 5) is 10.5. The molecule has 1 atom stereocenters. The lowest BCUT2D eigenvalue weighted by atomic mass is 10.0. The van der Waals surface area contributed by atoms with Gasteiger partial charge in [-0.2, -0.15) is 0 Å². The van der Waals surface area contributed by atoms with Crippen molar-refractivity contribution in [3.63, 3.8) is 0 Å². The number of carboxylic acid groups (broad SMARTS) is 1. The summed E-state index contributed by atoms with van der Waals surface area (Å²) in [5.41, 5.74) is 8.03. The third-order valence-corrected chi connectivity index (χ3v) is 3.09. The number of hydrogen-bond donors (Lipinski definition) is 2. The molecule has 1 fully saturated rings. The van der Waals surface area contributed by atoms with E-state index in [2.05, 4.69) is 24.3 Å². The smallest absolute Gasteiger partial charge is 0.320 e. The highest BCUT2D eigenvalue weighted by molar-refractivity contribution is 5.73. The van der Waals surface area contributed by atoms with Crippen molar-refractivity contribution in [2.24, 2.45) is 5.73 Å². The Morgan fingerprint density at radius 3 is 2.50 bits per heavy atom. The Hall–Kier alpha value is -1.35. The van der Waals surface area contributed by atoms with E-state index in [1.165, 1.54) is 24.0 Å². The number of nitrogens with two attached hydrogens (primary N) is 1. The molecule has 2 rings (SSSR count). The van der Waals surface area contributed by atoms with E-state index in [0.717, 1.165) is 12.3 Å². The normalized spacial score (nSPS) is 17.1. The Morgan fingerprint density at radius 2 is 2.00 bits per heavy atom. The van der Waals surface area contributed by atoms with Crippen LogP contribution < -0.4 is 5.73 Å². The van der Waals surface area contributed by atoms with Gasteiger partial charge in [0, 0.05) is 0 Å². The number of benzene rings is 1. The van der Waals surface area contributed by atoms with Crippen molar-refractivity contribution in [3.8, 4) is 0 Å². The van der Waals surface area contributed by atoms with E-state index in [4.69, 9.17) is 10.8 Å². The number of carboxylic acids is 1. The molecule has 1 aromatic rings. The summed E-state index contributed by atoms with van der Waals surface area (Å²) < 4.78 is 0. The van der Waals surface area contributed by atoms with Gasteiger partial charge in [-0.25, -0.2) is 0 Å². The Kier molecular flexibility index (Phi) is 3.25. The van der Waals surface area contributed by atoms with Crippen molar-refractivity contribution in [1.29, 1.82) is 0 Å². The molecular weight excluding hydrogens is 202 g/mol. The average Bonchev–Trinajstić information content (AvgIpc) is 3.10. The largest absolute Gasteiger partial charge is 0.480 e. The highest BCUT2D eigenvalue weighted by Gasteiger charge is 2.22. The highest BCUT2D eigenvalue weighted by Crippen LogP contribution is 2.39. The summed E-state index contributed by atoms with van der Waals surface area (Å²) in [6.45, 7) is 0. The van der Waals surface area contributed by atoms with Gasteiger partial charge in [-0.15, -0.1) is 0 Å². The Labute approximate surface area is 95.3 Å². The molecule has 1 aliphatic rings. The quantitative estimate of drug-likeness (QED) is 0.795. The second kappa shape index (κ2) is 4.66. The second-order valence-corrected chi connectivity index (χ2v) is 4.50. The maximum Gasteiger partial charge on any atom is 0.320 e. The van der Waals surface area contributed by atoms with E-state index in [0.29, 0.717) is 6.42 Å². The van der Waals surface area contributed by atoms with Gasteiger partial charge in [0.05, 0.1) is 0 Å². The molecule has 3 N–H and O–H groups in total. The van der Waals surface area contributed by atoms with Crippen LogP contribution in [0.25, 0.3) is 0 Å². The van der Waals surface area contributed by atoms with E-state index in [1.807, 2.05) is 0 Å². The fraction of sp³-hybridized carbons (Fsp3) is 0.462. The number of rotatable bonds is 5. The molecule has 0 aliphatic heterocycles. The molecule has 0 spiro atoms. The monoisotopic (exact) mass is 219 g/mol. The molecule has 0 aromatic heterocycles. The molecule has 0 heterocycles. The molecule has 0 radical (unpaired) electrons. The standard InChI is InChI=1S/C13H17NO2/c14-12(13(15)16)8-3-9-1-4-10(5-2-9)11-6-7-11/h1-2,4-5,11-12H,3,6-8,14H2,(H,15,16)/t12-/m1/s1. The molecule has 16 heavy (non-hydrogen) atoms. The first-order valence-electron chi connectivity index (χ1n) is 5.74. The summed E-state index contributed by atoms with van der Waals surface area (Å²) in [7, 11) is 0. The van der Waals surface area contributed by atoms with Gasteiger partial charge in [-0.05, 0) is 42.7 Å². The van der Waals surface area contributed by atoms with Crippen molar-refractivity contribution in [1.82, 2.24) is 0 Å². The van der Waals surface area contributed by atoms with E-state index < -0.39 is 12.0 Å². The first-order chi connectivity index (χ1) is 7.66. The zero-order valence-electron chi connectivity index (χ0n) is 9.23. The fourth-order valence-electron chi connectivity index (χ4n) is 1.82. The van der Waals surface area contributed by atoms with Gasteiger partial charge in [0.1, 0.15) is 6.04 Å². The Balaban J connectivity index is 1.87. The lowest BCUT2D eigenvalue weighted by Gasteiger charge is -2.06. The van der Waals surface area contributed by atoms with Crippen LogP contribution >= 0.6 is 0 Å². The van der Waals surface area contributed by atoms with Gasteiger partial charge in [-0.1, -0.05) is 24.3 Å². The summed E-state index contributed by atoms with van der Waals surface area (Å²) in [5, 5.41) is 8.66. The van der Waals surface area contributed by atoms with Crippen molar-refractivity contribution in [2.75, 3.05) is 0 Å². The number of aryl methyl sites for hydroxylation is 1. The topological polar surface area (TPSA) is 63.3 Å². The molecule has 0 amide bonds. The molecule has 1 saturated carbocycles. The van der Waals surface area contributed by atoms with Crippen molar-refractivity contribution in [2.45, 2.75) is 37.6 Å². The molecule has 86 valence electrons. The van der Waals surface area contributed by atoms with Crippen LogP contribution in [0.4, 0.5) is 0 Å². The molecule has 0 saturated heterocycles. The summed E-state index contributed by atoms with van der Waals surface area (Å²) >= 11 is 0. The minimum atomic E-state index is -0.922. The van der Waals surface area contributed by atoms with Gasteiger partial charge >= 0.3 is 5.97 Å². The van der Waals surface area contributed by atoms with Crippen LogP contribution in [0, 0.1) is 0 Å². The van der Waals surface area contributed by atoms with Gasteiger partial charge in [0.15, 0.2) is 0 Å². The lowest BCUT2D eigenvalue weighted by molar-refractivity contribution is -0.138. The van der Waals surface area contributed by atoms with Crippen molar-refractivity contribution < 1.29 is 9.90 Å². The van der Waals surface area contributed by atoms with E-state index in [-0.39, 0.29) is 0 Å². The molecule has 3 nitrogen and oxygen atoms in total.